The molecule has 0 saturated heterocycles. The van der Waals surface area contributed by atoms with Crippen molar-refractivity contribution < 1.29 is 24.6 Å². The fourth-order valence-corrected chi connectivity index (χ4v) is 1.70. The van der Waals surface area contributed by atoms with Gasteiger partial charge in [0, 0.05) is 11.1 Å². The van der Waals surface area contributed by atoms with Crippen molar-refractivity contribution in [1.82, 2.24) is 0 Å². The van der Waals surface area contributed by atoms with Crippen molar-refractivity contribution in [2.75, 3.05) is 0 Å². The maximum Gasteiger partial charge on any atom is 0.335 e. The van der Waals surface area contributed by atoms with Crippen LogP contribution in [0.25, 0.3) is 0 Å². The minimum Gasteiger partial charge on any atom is -0.478 e. The summed E-state index contributed by atoms with van der Waals surface area (Å²) in [5.74, 6) is -2.41. The SMILES string of the molecule is O=C(O)c1ccc(C(=O)c2ccc(C(=O)O)cc2)cc1. The van der Waals surface area contributed by atoms with Crippen LogP contribution in [-0.2, 0) is 0 Å². The second-order valence-corrected chi connectivity index (χ2v) is 4.09. The summed E-state index contributed by atoms with van der Waals surface area (Å²) < 4.78 is 0. The Labute approximate surface area is 114 Å². The van der Waals surface area contributed by atoms with Gasteiger partial charge in [-0.05, 0) is 24.3 Å². The predicted octanol–water partition coefficient (Wildman–Crippen LogP) is 2.31. The Morgan fingerprint density at radius 1 is 0.550 bits per heavy atom. The number of carboxylic acid groups (broad SMARTS) is 2. The molecule has 0 aliphatic heterocycles. The summed E-state index contributed by atoms with van der Waals surface area (Å²) in [5.41, 5.74) is 0.890. The molecule has 20 heavy (non-hydrogen) atoms. The van der Waals surface area contributed by atoms with Crippen LogP contribution < -0.4 is 0 Å². The van der Waals surface area contributed by atoms with Gasteiger partial charge in [0.15, 0.2) is 5.78 Å². The molecule has 0 radical (unpaired) electrons. The first-order chi connectivity index (χ1) is 9.49. The third-order valence-electron chi connectivity index (χ3n) is 2.79. The van der Waals surface area contributed by atoms with Crippen molar-refractivity contribution in [3.8, 4) is 0 Å². The number of ketones is 1. The maximum absolute atomic E-state index is 12.1. The van der Waals surface area contributed by atoms with E-state index in [4.69, 9.17) is 10.2 Å². The largest absolute Gasteiger partial charge is 0.478 e. The number of hydrogen-bond donors (Lipinski definition) is 2. The number of carbonyl (C=O) groups excluding carboxylic acids is 1. The van der Waals surface area contributed by atoms with Crippen LogP contribution in [0.15, 0.2) is 48.5 Å². The fraction of sp³-hybridized carbons (Fsp3) is 0. The van der Waals surface area contributed by atoms with Gasteiger partial charge in [-0.3, -0.25) is 4.79 Å². The van der Waals surface area contributed by atoms with Crippen molar-refractivity contribution >= 4 is 17.7 Å². The van der Waals surface area contributed by atoms with E-state index in [1.807, 2.05) is 0 Å². The smallest absolute Gasteiger partial charge is 0.335 e. The zero-order valence-corrected chi connectivity index (χ0v) is 10.2. The zero-order valence-electron chi connectivity index (χ0n) is 10.2. The van der Waals surface area contributed by atoms with Crippen LogP contribution in [0.4, 0.5) is 0 Å². The number of benzene rings is 2. The molecule has 0 aliphatic rings. The minimum absolute atomic E-state index is 0.0998. The average molecular weight is 270 g/mol. The first-order valence-electron chi connectivity index (χ1n) is 5.70. The standard InChI is InChI=1S/C15H10O5/c16-13(9-1-5-11(6-2-9)14(17)18)10-3-7-12(8-4-10)15(19)20/h1-8H,(H,17,18)(H,19,20). The highest BCUT2D eigenvalue weighted by Crippen LogP contribution is 2.12. The van der Waals surface area contributed by atoms with Crippen LogP contribution in [0, 0.1) is 0 Å². The van der Waals surface area contributed by atoms with Gasteiger partial charge in [0.2, 0.25) is 0 Å². The summed E-state index contributed by atoms with van der Waals surface area (Å²) in [7, 11) is 0. The highest BCUT2D eigenvalue weighted by molar-refractivity contribution is 6.09. The number of carboxylic acids is 2. The summed E-state index contributed by atoms with van der Waals surface area (Å²) in [6, 6.07) is 11.1. The number of aromatic carboxylic acids is 2. The van der Waals surface area contributed by atoms with Crippen LogP contribution in [-0.4, -0.2) is 27.9 Å². The minimum atomic E-state index is -1.06. The molecular weight excluding hydrogens is 260 g/mol. The molecule has 100 valence electrons. The van der Waals surface area contributed by atoms with E-state index in [9.17, 15) is 14.4 Å². The summed E-state index contributed by atoms with van der Waals surface area (Å²) in [4.78, 5) is 33.5. The Kier molecular flexibility index (Phi) is 3.61. The van der Waals surface area contributed by atoms with Crippen LogP contribution in [0.3, 0.4) is 0 Å². The maximum atomic E-state index is 12.1. The fourth-order valence-electron chi connectivity index (χ4n) is 1.70. The molecule has 0 heterocycles. The van der Waals surface area contributed by atoms with E-state index < -0.39 is 11.9 Å². The number of carbonyl (C=O) groups is 3. The molecule has 0 spiro atoms. The summed E-state index contributed by atoms with van der Waals surface area (Å²) in [6.45, 7) is 0. The van der Waals surface area contributed by atoms with Crippen molar-refractivity contribution in [2.45, 2.75) is 0 Å². The van der Waals surface area contributed by atoms with Gasteiger partial charge in [-0.1, -0.05) is 24.3 Å². The van der Waals surface area contributed by atoms with Crippen molar-refractivity contribution in [1.29, 1.82) is 0 Å². The van der Waals surface area contributed by atoms with Crippen LogP contribution in [0.2, 0.25) is 0 Å². The highest BCUT2D eigenvalue weighted by Gasteiger charge is 2.11. The lowest BCUT2D eigenvalue weighted by Crippen LogP contribution is -2.04. The molecule has 0 aliphatic carbocycles. The van der Waals surface area contributed by atoms with Crippen molar-refractivity contribution in [3.05, 3.63) is 70.8 Å². The van der Waals surface area contributed by atoms with Crippen molar-refractivity contribution in [3.63, 3.8) is 0 Å². The first-order valence-corrected chi connectivity index (χ1v) is 5.70. The van der Waals surface area contributed by atoms with Crippen molar-refractivity contribution in [2.24, 2.45) is 0 Å². The Balaban J connectivity index is 2.26. The van der Waals surface area contributed by atoms with Gasteiger partial charge < -0.3 is 10.2 Å². The summed E-state index contributed by atoms with van der Waals surface area (Å²) in [6.07, 6.45) is 0. The van der Waals surface area contributed by atoms with E-state index in [2.05, 4.69) is 0 Å². The Morgan fingerprint density at radius 3 is 1.05 bits per heavy atom. The van der Waals surface area contributed by atoms with Gasteiger partial charge >= 0.3 is 11.9 Å². The van der Waals surface area contributed by atoms with Crippen LogP contribution in [0.1, 0.15) is 36.6 Å². The predicted molar refractivity (Wildman–Crippen MR) is 70.2 cm³/mol. The Morgan fingerprint density at radius 2 is 0.800 bits per heavy atom. The van der Waals surface area contributed by atoms with E-state index >= 15 is 0 Å². The van der Waals surface area contributed by atoms with Gasteiger partial charge in [0.05, 0.1) is 11.1 Å². The zero-order chi connectivity index (χ0) is 14.7. The lowest BCUT2D eigenvalue weighted by molar-refractivity contribution is 0.0686. The van der Waals surface area contributed by atoms with E-state index in [0.29, 0.717) is 11.1 Å². The number of hydrogen-bond acceptors (Lipinski definition) is 3. The van der Waals surface area contributed by atoms with Gasteiger partial charge in [-0.2, -0.15) is 0 Å². The molecule has 0 aromatic heterocycles. The lowest BCUT2D eigenvalue weighted by Gasteiger charge is -2.02. The molecular formula is C15H10O5. The first kappa shape index (κ1) is 13.5. The van der Waals surface area contributed by atoms with E-state index in [1.54, 1.807) is 0 Å². The average Bonchev–Trinajstić information content (AvgIpc) is 2.46. The molecule has 2 N–H and O–H groups in total. The third kappa shape index (κ3) is 2.72. The molecule has 2 rings (SSSR count). The van der Waals surface area contributed by atoms with Crippen LogP contribution >= 0.6 is 0 Å². The second-order valence-electron chi connectivity index (χ2n) is 4.09. The number of rotatable bonds is 4. The monoisotopic (exact) mass is 270 g/mol. The Hall–Kier alpha value is -2.95. The molecule has 0 saturated carbocycles. The molecule has 0 amide bonds. The molecule has 5 heteroatoms. The van der Waals surface area contributed by atoms with Gasteiger partial charge in [-0.15, -0.1) is 0 Å². The van der Waals surface area contributed by atoms with E-state index in [-0.39, 0.29) is 16.9 Å². The molecule has 0 bridgehead atoms. The van der Waals surface area contributed by atoms with E-state index in [0.717, 1.165) is 0 Å². The van der Waals surface area contributed by atoms with Gasteiger partial charge in [0.25, 0.3) is 0 Å². The molecule has 5 nitrogen and oxygen atoms in total. The topological polar surface area (TPSA) is 91.7 Å². The van der Waals surface area contributed by atoms with Crippen LogP contribution in [0.5, 0.6) is 0 Å². The van der Waals surface area contributed by atoms with Gasteiger partial charge in [0.1, 0.15) is 0 Å². The third-order valence-corrected chi connectivity index (χ3v) is 2.79. The Bertz CT molecular complexity index is 609. The summed E-state index contributed by atoms with van der Waals surface area (Å²) >= 11 is 0. The molecule has 2 aromatic carbocycles. The van der Waals surface area contributed by atoms with Gasteiger partial charge in [-0.25, -0.2) is 9.59 Å². The molecule has 0 unspecified atom stereocenters. The quantitative estimate of drug-likeness (QED) is 0.832. The molecule has 0 fully saturated rings. The second kappa shape index (κ2) is 5.36. The summed E-state index contributed by atoms with van der Waals surface area (Å²) in [5, 5.41) is 17.5. The lowest BCUT2D eigenvalue weighted by atomic mass is 10.0. The molecule has 2 aromatic rings. The highest BCUT2D eigenvalue weighted by atomic mass is 16.4. The molecule has 0 atom stereocenters. The van der Waals surface area contributed by atoms with E-state index in [1.165, 1.54) is 48.5 Å². The normalized spacial score (nSPS) is 10.0.